The Morgan fingerprint density at radius 3 is 2.68 bits per heavy atom. The molecule has 0 radical (unpaired) electrons. The number of primary amides is 1. The van der Waals surface area contributed by atoms with Crippen LogP contribution in [0.25, 0.3) is 0 Å². The Morgan fingerprint density at radius 2 is 2.16 bits per heavy atom. The molecule has 0 saturated carbocycles. The largest absolute Gasteiger partial charge is 0.366 e. The normalized spacial score (nSPS) is 15.3. The monoisotopic (exact) mass is 260 g/mol. The van der Waals surface area contributed by atoms with E-state index in [1.54, 1.807) is 11.0 Å². The van der Waals surface area contributed by atoms with Crippen molar-refractivity contribution < 1.29 is 9.59 Å². The first-order valence-corrected chi connectivity index (χ1v) is 6.72. The third kappa shape index (κ3) is 2.95. The van der Waals surface area contributed by atoms with E-state index in [0.717, 1.165) is 30.6 Å². The van der Waals surface area contributed by atoms with Crippen LogP contribution in [0.5, 0.6) is 0 Å². The van der Waals surface area contributed by atoms with Gasteiger partial charge in [-0.25, -0.2) is 0 Å². The molecule has 0 bridgehead atoms. The number of rotatable bonds is 4. The lowest BCUT2D eigenvalue weighted by molar-refractivity contribution is -0.117. The van der Waals surface area contributed by atoms with Crippen LogP contribution >= 0.6 is 0 Å². The van der Waals surface area contributed by atoms with Crippen LogP contribution < -0.4 is 10.6 Å². The van der Waals surface area contributed by atoms with Crippen molar-refractivity contribution >= 4 is 17.5 Å². The van der Waals surface area contributed by atoms with E-state index in [2.05, 4.69) is 13.8 Å². The van der Waals surface area contributed by atoms with Gasteiger partial charge >= 0.3 is 0 Å². The molecule has 102 valence electrons. The van der Waals surface area contributed by atoms with Gasteiger partial charge in [0, 0.05) is 24.2 Å². The fourth-order valence-electron chi connectivity index (χ4n) is 2.50. The summed E-state index contributed by atoms with van der Waals surface area (Å²) in [5, 5.41) is 0. The standard InChI is InChI=1S/C15H20N2O2/c1-10(2)8-11-5-6-12(9-13(11)15(16)19)17-7-3-4-14(17)18/h5-6,9-10H,3-4,7-8H2,1-2H3,(H2,16,19). The molecule has 19 heavy (non-hydrogen) atoms. The van der Waals surface area contributed by atoms with Gasteiger partial charge in [-0.05, 0) is 36.5 Å². The lowest BCUT2D eigenvalue weighted by Crippen LogP contribution is -2.24. The molecule has 1 aliphatic rings. The summed E-state index contributed by atoms with van der Waals surface area (Å²) in [5.41, 5.74) is 7.72. The van der Waals surface area contributed by atoms with Crippen molar-refractivity contribution in [2.45, 2.75) is 33.1 Å². The Bertz CT molecular complexity index is 509. The smallest absolute Gasteiger partial charge is 0.249 e. The van der Waals surface area contributed by atoms with Gasteiger partial charge in [0.15, 0.2) is 0 Å². The summed E-state index contributed by atoms with van der Waals surface area (Å²) in [5.74, 6) is 0.147. The van der Waals surface area contributed by atoms with E-state index in [9.17, 15) is 9.59 Å². The molecule has 0 spiro atoms. The number of anilines is 1. The van der Waals surface area contributed by atoms with Gasteiger partial charge in [0.2, 0.25) is 11.8 Å². The van der Waals surface area contributed by atoms with Crippen LogP contribution in [-0.2, 0) is 11.2 Å². The van der Waals surface area contributed by atoms with Crippen LogP contribution in [0, 0.1) is 5.92 Å². The number of hydrogen-bond donors (Lipinski definition) is 1. The van der Waals surface area contributed by atoms with Crippen LogP contribution in [0.2, 0.25) is 0 Å². The highest BCUT2D eigenvalue weighted by Gasteiger charge is 2.23. The maximum atomic E-state index is 11.7. The van der Waals surface area contributed by atoms with Crippen molar-refractivity contribution in [1.29, 1.82) is 0 Å². The zero-order valence-electron chi connectivity index (χ0n) is 11.5. The zero-order valence-corrected chi connectivity index (χ0v) is 11.5. The highest BCUT2D eigenvalue weighted by molar-refractivity contribution is 5.99. The highest BCUT2D eigenvalue weighted by Crippen LogP contribution is 2.25. The molecule has 1 fully saturated rings. The summed E-state index contributed by atoms with van der Waals surface area (Å²) in [6, 6.07) is 5.58. The molecule has 4 nitrogen and oxygen atoms in total. The predicted molar refractivity (Wildman–Crippen MR) is 75.1 cm³/mol. The molecule has 2 N–H and O–H groups in total. The predicted octanol–water partition coefficient (Wildman–Crippen LogP) is 2.11. The van der Waals surface area contributed by atoms with Crippen LogP contribution in [0.4, 0.5) is 5.69 Å². The van der Waals surface area contributed by atoms with E-state index in [-0.39, 0.29) is 5.91 Å². The van der Waals surface area contributed by atoms with Gasteiger partial charge in [-0.3, -0.25) is 9.59 Å². The lowest BCUT2D eigenvalue weighted by Gasteiger charge is -2.18. The molecule has 1 saturated heterocycles. The van der Waals surface area contributed by atoms with Crippen molar-refractivity contribution in [1.82, 2.24) is 0 Å². The third-order valence-corrected chi connectivity index (χ3v) is 3.37. The maximum Gasteiger partial charge on any atom is 0.249 e. The van der Waals surface area contributed by atoms with E-state index in [0.29, 0.717) is 17.9 Å². The Labute approximate surface area is 113 Å². The minimum absolute atomic E-state index is 0.118. The first kappa shape index (κ1) is 13.6. The summed E-state index contributed by atoms with van der Waals surface area (Å²) >= 11 is 0. The van der Waals surface area contributed by atoms with Crippen molar-refractivity contribution in [3.63, 3.8) is 0 Å². The fourth-order valence-corrected chi connectivity index (χ4v) is 2.50. The Hall–Kier alpha value is -1.84. The Balaban J connectivity index is 2.35. The summed E-state index contributed by atoms with van der Waals surface area (Å²) < 4.78 is 0. The molecule has 2 amide bonds. The van der Waals surface area contributed by atoms with E-state index >= 15 is 0 Å². The van der Waals surface area contributed by atoms with Gasteiger partial charge < -0.3 is 10.6 Å². The minimum atomic E-state index is -0.427. The van der Waals surface area contributed by atoms with Gasteiger partial charge in [-0.1, -0.05) is 19.9 Å². The average Bonchev–Trinajstić information content (AvgIpc) is 2.75. The van der Waals surface area contributed by atoms with Gasteiger partial charge in [0.1, 0.15) is 0 Å². The first-order valence-electron chi connectivity index (χ1n) is 6.72. The van der Waals surface area contributed by atoms with Crippen LogP contribution in [0.15, 0.2) is 18.2 Å². The number of carbonyl (C=O) groups excluding carboxylic acids is 2. The highest BCUT2D eigenvalue weighted by atomic mass is 16.2. The Morgan fingerprint density at radius 1 is 1.42 bits per heavy atom. The number of benzene rings is 1. The molecule has 0 aliphatic carbocycles. The first-order chi connectivity index (χ1) is 8.99. The van der Waals surface area contributed by atoms with Crippen LogP contribution in [0.1, 0.15) is 42.6 Å². The van der Waals surface area contributed by atoms with Crippen LogP contribution in [0.3, 0.4) is 0 Å². The molecule has 4 heteroatoms. The van der Waals surface area contributed by atoms with Gasteiger partial charge in [0.25, 0.3) is 0 Å². The molecule has 1 aliphatic heterocycles. The van der Waals surface area contributed by atoms with E-state index in [1.807, 2.05) is 12.1 Å². The van der Waals surface area contributed by atoms with E-state index in [4.69, 9.17) is 5.73 Å². The van der Waals surface area contributed by atoms with Crippen molar-refractivity contribution in [3.8, 4) is 0 Å². The summed E-state index contributed by atoms with van der Waals surface area (Å²) in [4.78, 5) is 25.0. The SMILES string of the molecule is CC(C)Cc1ccc(N2CCCC2=O)cc1C(N)=O. The second-order valence-corrected chi connectivity index (χ2v) is 5.45. The third-order valence-electron chi connectivity index (χ3n) is 3.37. The molecule has 0 atom stereocenters. The molecule has 1 aromatic carbocycles. The molecule has 1 heterocycles. The van der Waals surface area contributed by atoms with Crippen molar-refractivity contribution in [3.05, 3.63) is 29.3 Å². The topological polar surface area (TPSA) is 63.4 Å². The number of amides is 2. The zero-order chi connectivity index (χ0) is 14.0. The summed E-state index contributed by atoms with van der Waals surface area (Å²) in [6.45, 7) is 4.92. The number of nitrogens with two attached hydrogens (primary N) is 1. The average molecular weight is 260 g/mol. The van der Waals surface area contributed by atoms with Crippen molar-refractivity contribution in [2.75, 3.05) is 11.4 Å². The number of hydrogen-bond acceptors (Lipinski definition) is 2. The van der Waals surface area contributed by atoms with Crippen LogP contribution in [-0.4, -0.2) is 18.4 Å². The molecular weight excluding hydrogens is 240 g/mol. The van der Waals surface area contributed by atoms with Gasteiger partial charge in [-0.2, -0.15) is 0 Å². The summed E-state index contributed by atoms with van der Waals surface area (Å²) in [7, 11) is 0. The number of carbonyl (C=O) groups is 2. The molecule has 1 aromatic rings. The molecule has 0 aromatic heterocycles. The lowest BCUT2D eigenvalue weighted by atomic mass is 9.97. The van der Waals surface area contributed by atoms with Crippen molar-refractivity contribution in [2.24, 2.45) is 11.7 Å². The quantitative estimate of drug-likeness (QED) is 0.901. The molecule has 2 rings (SSSR count). The fraction of sp³-hybridized carbons (Fsp3) is 0.467. The minimum Gasteiger partial charge on any atom is -0.366 e. The van der Waals surface area contributed by atoms with Gasteiger partial charge in [-0.15, -0.1) is 0 Å². The summed E-state index contributed by atoms with van der Waals surface area (Å²) in [6.07, 6.45) is 2.27. The van der Waals surface area contributed by atoms with E-state index in [1.165, 1.54) is 0 Å². The second kappa shape index (κ2) is 5.43. The Kier molecular flexibility index (Phi) is 3.88. The maximum absolute atomic E-state index is 11.7. The van der Waals surface area contributed by atoms with Gasteiger partial charge in [0.05, 0.1) is 0 Å². The molecular formula is C15H20N2O2. The molecule has 0 unspecified atom stereocenters. The second-order valence-electron chi connectivity index (χ2n) is 5.45. The van der Waals surface area contributed by atoms with E-state index < -0.39 is 5.91 Å². The number of nitrogens with zero attached hydrogens (tertiary/aromatic N) is 1.